The quantitative estimate of drug-likeness (QED) is 0.516. The Morgan fingerprint density at radius 1 is 1.14 bits per heavy atom. The fourth-order valence-electron chi connectivity index (χ4n) is 1.87. The van der Waals surface area contributed by atoms with Crippen LogP contribution in [-0.2, 0) is 14.3 Å². The minimum absolute atomic E-state index is 0.274. The van der Waals surface area contributed by atoms with Gasteiger partial charge in [0.2, 0.25) is 0 Å². The van der Waals surface area contributed by atoms with E-state index in [9.17, 15) is 9.59 Å². The molecule has 0 N–H and O–H groups in total. The van der Waals surface area contributed by atoms with Gasteiger partial charge in [0, 0.05) is 12.8 Å². The van der Waals surface area contributed by atoms with E-state index in [-0.39, 0.29) is 12.4 Å². The van der Waals surface area contributed by atoms with Crippen molar-refractivity contribution < 1.29 is 14.3 Å². The zero-order valence-electron chi connectivity index (χ0n) is 8.75. The number of rotatable bonds is 3. The Morgan fingerprint density at radius 3 is 2.36 bits per heavy atom. The number of hydrogen-bond acceptors (Lipinski definition) is 3. The van der Waals surface area contributed by atoms with Crippen molar-refractivity contribution in [1.82, 2.24) is 0 Å². The molecule has 0 radical (unpaired) electrons. The van der Waals surface area contributed by atoms with Crippen molar-refractivity contribution in [1.29, 1.82) is 0 Å². The predicted octanol–water partition coefficient (Wildman–Crippen LogP) is 2.44. The minimum Gasteiger partial charge on any atom is -0.393 e. The Balaban J connectivity index is 2.21. The van der Waals surface area contributed by atoms with Crippen molar-refractivity contribution in [3.63, 3.8) is 0 Å². The summed E-state index contributed by atoms with van der Waals surface area (Å²) in [4.78, 5) is 22.1. The molecule has 0 unspecified atom stereocenters. The van der Waals surface area contributed by atoms with E-state index < -0.39 is 5.97 Å². The summed E-state index contributed by atoms with van der Waals surface area (Å²) in [5.74, 6) is -0.310. The van der Waals surface area contributed by atoms with Crippen molar-refractivity contribution in [2.75, 3.05) is 0 Å². The summed E-state index contributed by atoms with van der Waals surface area (Å²) in [6.07, 6.45) is 6.60. The molecule has 1 fully saturated rings. The molecule has 0 bridgehead atoms. The first kappa shape index (κ1) is 11.2. The zero-order chi connectivity index (χ0) is 10.4. The summed E-state index contributed by atoms with van der Waals surface area (Å²) >= 11 is 0. The molecule has 3 nitrogen and oxygen atoms in total. The smallest absolute Gasteiger partial charge is 0.313 e. The van der Waals surface area contributed by atoms with E-state index in [1.807, 2.05) is 0 Å². The Hall–Kier alpha value is -0.860. The van der Waals surface area contributed by atoms with Crippen LogP contribution in [0.3, 0.4) is 0 Å². The monoisotopic (exact) mass is 198 g/mol. The molecular formula is C11H18O3. The molecule has 80 valence electrons. The van der Waals surface area contributed by atoms with E-state index in [0.717, 1.165) is 12.8 Å². The summed E-state index contributed by atoms with van der Waals surface area (Å²) < 4.78 is 4.62. The maximum absolute atomic E-state index is 11.2. The average Bonchev–Trinajstić information content (AvgIpc) is 2.19. The molecule has 3 heteroatoms. The van der Waals surface area contributed by atoms with Crippen LogP contribution in [0.15, 0.2) is 0 Å². The van der Waals surface area contributed by atoms with Gasteiger partial charge in [-0.15, -0.1) is 0 Å². The van der Waals surface area contributed by atoms with Gasteiger partial charge in [-0.05, 0) is 18.8 Å². The van der Waals surface area contributed by atoms with Gasteiger partial charge >= 0.3 is 11.9 Å². The topological polar surface area (TPSA) is 43.4 Å². The third kappa shape index (κ3) is 3.90. The van der Waals surface area contributed by atoms with Crippen LogP contribution in [0.2, 0.25) is 0 Å². The fraction of sp³-hybridized carbons (Fsp3) is 0.818. The van der Waals surface area contributed by atoms with Crippen LogP contribution in [0, 0.1) is 5.92 Å². The second kappa shape index (κ2) is 5.78. The third-order valence-electron chi connectivity index (χ3n) is 2.70. The van der Waals surface area contributed by atoms with Crippen LogP contribution < -0.4 is 0 Å². The lowest BCUT2D eigenvalue weighted by molar-refractivity contribution is -0.160. The molecule has 1 rings (SSSR count). The van der Waals surface area contributed by atoms with E-state index in [4.69, 9.17) is 0 Å². The Morgan fingerprint density at radius 2 is 1.79 bits per heavy atom. The Kier molecular flexibility index (Phi) is 4.63. The number of hydrogen-bond donors (Lipinski definition) is 0. The average molecular weight is 198 g/mol. The number of esters is 2. The highest BCUT2D eigenvalue weighted by Crippen LogP contribution is 2.26. The van der Waals surface area contributed by atoms with Crippen molar-refractivity contribution in [3.05, 3.63) is 0 Å². The van der Waals surface area contributed by atoms with Crippen LogP contribution in [0.1, 0.15) is 51.9 Å². The molecule has 0 atom stereocenters. The largest absolute Gasteiger partial charge is 0.393 e. The van der Waals surface area contributed by atoms with Crippen molar-refractivity contribution in [2.45, 2.75) is 51.9 Å². The SMILES string of the molecule is CCC(=O)OC(=O)CC1CCCCC1. The van der Waals surface area contributed by atoms with Crippen LogP contribution in [0.5, 0.6) is 0 Å². The highest BCUT2D eigenvalue weighted by atomic mass is 16.6. The predicted molar refractivity (Wildman–Crippen MR) is 52.6 cm³/mol. The third-order valence-corrected chi connectivity index (χ3v) is 2.70. The van der Waals surface area contributed by atoms with Crippen LogP contribution in [0.4, 0.5) is 0 Å². The lowest BCUT2D eigenvalue weighted by Gasteiger charge is -2.19. The minimum atomic E-state index is -0.411. The molecular weight excluding hydrogens is 180 g/mol. The summed E-state index contributed by atoms with van der Waals surface area (Å²) in [5.41, 5.74) is 0. The molecule has 1 saturated carbocycles. The van der Waals surface area contributed by atoms with Crippen LogP contribution in [0.25, 0.3) is 0 Å². The lowest BCUT2D eigenvalue weighted by Crippen LogP contribution is -2.17. The molecule has 0 amide bonds. The lowest BCUT2D eigenvalue weighted by atomic mass is 9.87. The highest BCUT2D eigenvalue weighted by Gasteiger charge is 2.19. The number of carbonyl (C=O) groups is 2. The second-order valence-electron chi connectivity index (χ2n) is 3.91. The van der Waals surface area contributed by atoms with E-state index >= 15 is 0 Å². The van der Waals surface area contributed by atoms with Gasteiger partial charge < -0.3 is 4.74 Å². The van der Waals surface area contributed by atoms with Gasteiger partial charge in [-0.1, -0.05) is 26.2 Å². The molecule has 0 aliphatic heterocycles. The molecule has 0 aromatic carbocycles. The van der Waals surface area contributed by atoms with Gasteiger partial charge in [0.15, 0.2) is 0 Å². The Bertz CT molecular complexity index is 205. The standard InChI is InChI=1S/C11H18O3/c1-2-10(12)14-11(13)8-9-6-4-3-5-7-9/h9H,2-8H2,1H3. The molecule has 14 heavy (non-hydrogen) atoms. The van der Waals surface area contributed by atoms with Crippen LogP contribution >= 0.6 is 0 Å². The number of ether oxygens (including phenoxy) is 1. The summed E-state index contributed by atoms with van der Waals surface area (Å²) in [6, 6.07) is 0. The second-order valence-corrected chi connectivity index (χ2v) is 3.91. The highest BCUT2D eigenvalue weighted by molar-refractivity contribution is 5.85. The fourth-order valence-corrected chi connectivity index (χ4v) is 1.87. The summed E-state index contributed by atoms with van der Waals surface area (Å²) in [7, 11) is 0. The van der Waals surface area contributed by atoms with E-state index in [1.165, 1.54) is 19.3 Å². The maximum atomic E-state index is 11.2. The zero-order valence-corrected chi connectivity index (χ0v) is 8.75. The number of carbonyl (C=O) groups excluding carboxylic acids is 2. The molecule has 0 saturated heterocycles. The normalized spacial score (nSPS) is 17.8. The molecule has 0 spiro atoms. The summed E-state index contributed by atoms with van der Waals surface area (Å²) in [5, 5.41) is 0. The molecule has 1 aliphatic rings. The Labute approximate surface area is 84.8 Å². The first-order chi connectivity index (χ1) is 6.72. The van der Waals surface area contributed by atoms with E-state index in [1.54, 1.807) is 6.92 Å². The molecule has 0 aromatic heterocycles. The molecule has 1 aliphatic carbocycles. The van der Waals surface area contributed by atoms with Crippen molar-refractivity contribution in [2.24, 2.45) is 5.92 Å². The van der Waals surface area contributed by atoms with Gasteiger partial charge in [0.1, 0.15) is 0 Å². The van der Waals surface area contributed by atoms with Crippen molar-refractivity contribution in [3.8, 4) is 0 Å². The molecule has 0 aromatic rings. The van der Waals surface area contributed by atoms with E-state index in [0.29, 0.717) is 12.3 Å². The van der Waals surface area contributed by atoms with E-state index in [2.05, 4.69) is 4.74 Å². The first-order valence-electron chi connectivity index (χ1n) is 5.46. The maximum Gasteiger partial charge on any atom is 0.313 e. The first-order valence-corrected chi connectivity index (χ1v) is 5.46. The van der Waals surface area contributed by atoms with Gasteiger partial charge in [-0.3, -0.25) is 9.59 Å². The van der Waals surface area contributed by atoms with Gasteiger partial charge in [-0.2, -0.15) is 0 Å². The molecule has 0 heterocycles. The summed E-state index contributed by atoms with van der Waals surface area (Å²) in [6.45, 7) is 1.69. The van der Waals surface area contributed by atoms with Gasteiger partial charge in [0.05, 0.1) is 0 Å². The van der Waals surface area contributed by atoms with Crippen LogP contribution in [-0.4, -0.2) is 11.9 Å². The van der Waals surface area contributed by atoms with Gasteiger partial charge in [0.25, 0.3) is 0 Å². The van der Waals surface area contributed by atoms with Crippen molar-refractivity contribution >= 4 is 11.9 Å². The van der Waals surface area contributed by atoms with Gasteiger partial charge in [-0.25, -0.2) is 0 Å².